The van der Waals surface area contributed by atoms with E-state index in [-0.39, 0.29) is 23.3 Å². The first-order chi connectivity index (χ1) is 8.59. The minimum absolute atomic E-state index is 0.0576. The van der Waals surface area contributed by atoms with E-state index in [0.717, 1.165) is 0 Å². The first-order valence-corrected chi connectivity index (χ1v) is 10.1. The number of hydrogen-bond donors (Lipinski definition) is 0. The Hall–Kier alpha value is -0.600. The van der Waals surface area contributed by atoms with Crippen molar-refractivity contribution in [2.24, 2.45) is 0 Å². The summed E-state index contributed by atoms with van der Waals surface area (Å²) < 4.78 is 46.9. The first kappa shape index (κ1) is 14.8. The van der Waals surface area contributed by atoms with Crippen molar-refractivity contribution >= 4 is 29.6 Å². The molecular formula is C10H15ClN2O4S2. The Bertz CT molecular complexity index is 706. The minimum atomic E-state index is -3.65. The van der Waals surface area contributed by atoms with Crippen LogP contribution >= 0.6 is 10.7 Å². The highest BCUT2D eigenvalue weighted by Gasteiger charge is 2.31. The van der Waals surface area contributed by atoms with Crippen molar-refractivity contribution in [1.82, 2.24) is 9.78 Å². The lowest BCUT2D eigenvalue weighted by atomic mass is 10.2. The molecule has 0 bridgehead atoms. The Morgan fingerprint density at radius 1 is 1.42 bits per heavy atom. The molecular weight excluding hydrogens is 312 g/mol. The van der Waals surface area contributed by atoms with Crippen LogP contribution < -0.4 is 0 Å². The summed E-state index contributed by atoms with van der Waals surface area (Å²) in [6.45, 7) is 3.44. The van der Waals surface area contributed by atoms with E-state index < -0.39 is 18.9 Å². The second-order valence-electron chi connectivity index (χ2n) is 4.83. The normalized spacial score (nSPS) is 22.8. The summed E-state index contributed by atoms with van der Waals surface area (Å²) in [4.78, 5) is 0. The van der Waals surface area contributed by atoms with Crippen molar-refractivity contribution in [2.45, 2.75) is 32.1 Å². The van der Waals surface area contributed by atoms with Gasteiger partial charge in [-0.1, -0.05) is 0 Å². The molecule has 0 aromatic carbocycles. The third-order valence-corrected chi connectivity index (χ3v) is 6.06. The molecule has 1 aromatic heterocycles. The van der Waals surface area contributed by atoms with Gasteiger partial charge in [0.1, 0.15) is 0 Å². The third kappa shape index (κ3) is 3.29. The Kier molecular flexibility index (Phi) is 3.70. The fourth-order valence-electron chi connectivity index (χ4n) is 2.40. The largest absolute Gasteiger partial charge is 0.265 e. The number of nitrogens with zero attached hydrogens (tertiary/aromatic N) is 2. The highest BCUT2D eigenvalue weighted by atomic mass is 35.7. The minimum Gasteiger partial charge on any atom is -0.265 e. The molecule has 0 spiro atoms. The summed E-state index contributed by atoms with van der Waals surface area (Å²) in [5, 5.41) is 4.27. The van der Waals surface area contributed by atoms with Gasteiger partial charge in [-0.25, -0.2) is 16.8 Å². The van der Waals surface area contributed by atoms with Crippen LogP contribution in [0.5, 0.6) is 0 Å². The maximum absolute atomic E-state index is 11.5. The average Bonchev–Trinajstić information content (AvgIpc) is 2.71. The topological polar surface area (TPSA) is 86.1 Å². The predicted molar refractivity (Wildman–Crippen MR) is 72.5 cm³/mol. The van der Waals surface area contributed by atoms with E-state index in [1.165, 1.54) is 0 Å². The number of hydrogen-bond acceptors (Lipinski definition) is 5. The van der Waals surface area contributed by atoms with E-state index >= 15 is 0 Å². The summed E-state index contributed by atoms with van der Waals surface area (Å²) in [7, 11) is -1.39. The molecule has 6 nitrogen and oxygen atoms in total. The van der Waals surface area contributed by atoms with Gasteiger partial charge in [-0.05, 0) is 20.3 Å². The van der Waals surface area contributed by atoms with Crippen LogP contribution in [-0.4, -0.2) is 38.1 Å². The molecule has 0 aliphatic carbocycles. The van der Waals surface area contributed by atoms with Crippen molar-refractivity contribution in [3.05, 3.63) is 17.0 Å². The van der Waals surface area contributed by atoms with Crippen LogP contribution in [0.25, 0.3) is 0 Å². The monoisotopic (exact) mass is 326 g/mol. The van der Waals surface area contributed by atoms with Crippen LogP contribution in [0.4, 0.5) is 0 Å². The molecule has 1 aliphatic heterocycles. The Morgan fingerprint density at radius 3 is 2.53 bits per heavy atom. The second-order valence-corrected chi connectivity index (χ2v) is 9.84. The van der Waals surface area contributed by atoms with Crippen LogP contribution in [0.1, 0.15) is 29.4 Å². The average molecular weight is 327 g/mol. The molecule has 0 N–H and O–H groups in total. The summed E-state index contributed by atoms with van der Waals surface area (Å²) in [5.74, 6) is -0.0765. The smallest absolute Gasteiger partial charge is 0.236 e. The fraction of sp³-hybridized carbons (Fsp3) is 0.700. The number of aryl methyl sites for hydroxylation is 1. The van der Waals surface area contributed by atoms with Crippen molar-refractivity contribution in [3.8, 4) is 0 Å². The van der Waals surface area contributed by atoms with Crippen LogP contribution in [-0.2, 0) is 24.6 Å². The maximum Gasteiger partial charge on any atom is 0.236 e. The van der Waals surface area contributed by atoms with Crippen molar-refractivity contribution in [1.29, 1.82) is 0 Å². The van der Waals surface area contributed by atoms with Gasteiger partial charge in [0.15, 0.2) is 9.84 Å². The first-order valence-electron chi connectivity index (χ1n) is 5.76. The highest BCUT2D eigenvalue weighted by molar-refractivity contribution is 8.13. The van der Waals surface area contributed by atoms with Crippen molar-refractivity contribution < 1.29 is 16.8 Å². The molecule has 1 aliphatic rings. The number of halogens is 1. The van der Waals surface area contributed by atoms with E-state index in [4.69, 9.17) is 10.7 Å². The third-order valence-electron chi connectivity index (χ3n) is 3.35. The molecule has 0 radical (unpaired) electrons. The van der Waals surface area contributed by atoms with Gasteiger partial charge in [-0.2, -0.15) is 5.10 Å². The van der Waals surface area contributed by atoms with Gasteiger partial charge < -0.3 is 0 Å². The SMILES string of the molecule is Cc1nn(C2CCS(=O)(=O)C2)c(C)c1CS(=O)(=O)Cl. The predicted octanol–water partition coefficient (Wildman–Crippen LogP) is 0.928. The number of sulfone groups is 1. The van der Waals surface area contributed by atoms with Crippen LogP contribution in [0.2, 0.25) is 0 Å². The van der Waals surface area contributed by atoms with Gasteiger partial charge in [0.25, 0.3) is 0 Å². The summed E-state index contributed by atoms with van der Waals surface area (Å²) in [6, 6.07) is -0.213. The Labute approximate surface area is 117 Å². The van der Waals surface area contributed by atoms with Gasteiger partial charge in [-0.15, -0.1) is 0 Å². The Balaban J connectivity index is 2.37. The van der Waals surface area contributed by atoms with Gasteiger partial charge in [-0.3, -0.25) is 4.68 Å². The molecule has 9 heteroatoms. The summed E-state index contributed by atoms with van der Waals surface area (Å²) in [6.07, 6.45) is 0.511. The molecule has 1 saturated heterocycles. The van der Waals surface area contributed by atoms with E-state index in [9.17, 15) is 16.8 Å². The summed E-state index contributed by atoms with van der Waals surface area (Å²) in [5.41, 5.74) is 1.80. The lowest BCUT2D eigenvalue weighted by molar-refractivity contribution is 0.485. The van der Waals surface area contributed by atoms with E-state index in [1.54, 1.807) is 18.5 Å². The molecule has 1 fully saturated rings. The van der Waals surface area contributed by atoms with Gasteiger partial charge >= 0.3 is 0 Å². The molecule has 2 rings (SSSR count). The standard InChI is InChI=1S/C10H15ClN2O4S2/c1-7-10(6-19(11,16)17)8(2)13(12-7)9-3-4-18(14,15)5-9/h9H,3-6H2,1-2H3. The number of aromatic nitrogens is 2. The lowest BCUT2D eigenvalue weighted by Crippen LogP contribution is -2.14. The zero-order chi connectivity index (χ0) is 14.4. The van der Waals surface area contributed by atoms with Crippen LogP contribution in [0.3, 0.4) is 0 Å². The van der Waals surface area contributed by atoms with E-state index in [0.29, 0.717) is 23.4 Å². The van der Waals surface area contributed by atoms with Crippen LogP contribution in [0, 0.1) is 13.8 Å². The van der Waals surface area contributed by atoms with Crippen molar-refractivity contribution in [3.63, 3.8) is 0 Å². The maximum atomic E-state index is 11.5. The quantitative estimate of drug-likeness (QED) is 0.771. The van der Waals surface area contributed by atoms with Gasteiger partial charge in [0.05, 0.1) is 29.0 Å². The number of rotatable bonds is 3. The van der Waals surface area contributed by atoms with Gasteiger partial charge in [0.2, 0.25) is 9.05 Å². The molecule has 0 amide bonds. The van der Waals surface area contributed by atoms with E-state index in [2.05, 4.69) is 5.10 Å². The van der Waals surface area contributed by atoms with Gasteiger partial charge in [0, 0.05) is 21.9 Å². The molecule has 1 unspecified atom stereocenters. The molecule has 1 aromatic rings. The highest BCUT2D eigenvalue weighted by Crippen LogP contribution is 2.27. The van der Waals surface area contributed by atoms with Crippen LogP contribution in [0.15, 0.2) is 0 Å². The molecule has 108 valence electrons. The molecule has 2 heterocycles. The summed E-state index contributed by atoms with van der Waals surface area (Å²) >= 11 is 0. The zero-order valence-corrected chi connectivity index (χ0v) is 13.0. The van der Waals surface area contributed by atoms with Crippen molar-refractivity contribution in [2.75, 3.05) is 11.5 Å². The Morgan fingerprint density at radius 2 is 2.05 bits per heavy atom. The van der Waals surface area contributed by atoms with E-state index in [1.807, 2.05) is 0 Å². The lowest BCUT2D eigenvalue weighted by Gasteiger charge is -2.11. The molecule has 1 atom stereocenters. The second kappa shape index (κ2) is 4.75. The zero-order valence-electron chi connectivity index (χ0n) is 10.6. The molecule has 19 heavy (non-hydrogen) atoms. The molecule has 0 saturated carbocycles. The fourth-order valence-corrected chi connectivity index (χ4v) is 5.18.